The van der Waals surface area contributed by atoms with Crippen molar-refractivity contribution in [2.45, 2.75) is 20.4 Å². The minimum absolute atomic E-state index is 0.0406. The highest BCUT2D eigenvalue weighted by molar-refractivity contribution is 6.29. The lowest BCUT2D eigenvalue weighted by atomic mass is 10.0. The molecule has 7 nitrogen and oxygen atoms in total. The van der Waals surface area contributed by atoms with Crippen LogP contribution in [0.4, 0.5) is 5.82 Å². The summed E-state index contributed by atoms with van der Waals surface area (Å²) in [6.45, 7) is 4.03. The maximum atomic E-state index is 13.0. The molecule has 0 radical (unpaired) electrons. The van der Waals surface area contributed by atoms with Crippen molar-refractivity contribution < 1.29 is 4.79 Å². The zero-order valence-corrected chi connectivity index (χ0v) is 18.4. The van der Waals surface area contributed by atoms with Crippen LogP contribution < -0.4 is 11.1 Å². The van der Waals surface area contributed by atoms with Crippen molar-refractivity contribution in [2.75, 3.05) is 5.73 Å². The van der Waals surface area contributed by atoms with Gasteiger partial charge < -0.3 is 11.1 Å². The monoisotopic (exact) mass is 444 g/mol. The molecule has 4 rings (SSSR count). The maximum absolute atomic E-state index is 13.0. The summed E-state index contributed by atoms with van der Waals surface area (Å²) in [5.74, 6) is -0.391. The second kappa shape index (κ2) is 9.11. The van der Waals surface area contributed by atoms with E-state index in [2.05, 4.69) is 25.3 Å². The molecule has 1 aromatic carbocycles. The summed E-state index contributed by atoms with van der Waals surface area (Å²) in [5.41, 5.74) is 11.3. The van der Waals surface area contributed by atoms with E-state index in [0.29, 0.717) is 22.1 Å². The Kier molecular flexibility index (Phi) is 6.09. The first-order valence-electron chi connectivity index (χ1n) is 9.98. The number of nitrogens with one attached hydrogen (secondary N) is 1. The van der Waals surface area contributed by atoms with Gasteiger partial charge in [-0.15, -0.1) is 0 Å². The molecule has 0 spiro atoms. The van der Waals surface area contributed by atoms with Gasteiger partial charge in [0.15, 0.2) is 11.5 Å². The normalized spacial score (nSPS) is 10.7. The summed E-state index contributed by atoms with van der Waals surface area (Å²) in [5, 5.41) is 3.16. The van der Waals surface area contributed by atoms with Gasteiger partial charge in [-0.3, -0.25) is 9.78 Å². The Hall–Kier alpha value is -3.84. The first-order chi connectivity index (χ1) is 15.4. The van der Waals surface area contributed by atoms with Gasteiger partial charge in [0.1, 0.15) is 5.15 Å². The van der Waals surface area contributed by atoms with Gasteiger partial charge in [0.2, 0.25) is 0 Å². The van der Waals surface area contributed by atoms with Crippen molar-refractivity contribution in [2.24, 2.45) is 0 Å². The lowest BCUT2D eigenvalue weighted by molar-refractivity contribution is 0.0946. The minimum Gasteiger partial charge on any atom is -0.382 e. The molecular formula is C24H21ClN6O. The number of carbonyl (C=O) groups is 1. The Labute approximate surface area is 190 Å². The van der Waals surface area contributed by atoms with E-state index >= 15 is 0 Å². The highest BCUT2D eigenvalue weighted by atomic mass is 35.5. The second-order valence-electron chi connectivity index (χ2n) is 7.29. The number of carbonyl (C=O) groups excluding carboxylic acids is 1. The van der Waals surface area contributed by atoms with Gasteiger partial charge in [0.05, 0.1) is 23.6 Å². The fraction of sp³-hybridized carbons (Fsp3) is 0.125. The third kappa shape index (κ3) is 4.58. The molecule has 0 aliphatic rings. The first kappa shape index (κ1) is 21.4. The van der Waals surface area contributed by atoms with Gasteiger partial charge >= 0.3 is 0 Å². The summed E-state index contributed by atoms with van der Waals surface area (Å²) in [6.07, 6.45) is 1.69. The predicted molar refractivity (Wildman–Crippen MR) is 125 cm³/mol. The summed E-state index contributed by atoms with van der Waals surface area (Å²) in [4.78, 5) is 30.6. The highest BCUT2D eigenvalue weighted by Crippen LogP contribution is 2.32. The SMILES string of the molecule is Cc1cc(-c2nc(C(=O)NCc3ncccc3C)c(N)nc2-c2ccccc2)cc(Cl)n1. The number of rotatable bonds is 5. The highest BCUT2D eigenvalue weighted by Gasteiger charge is 2.20. The zero-order valence-electron chi connectivity index (χ0n) is 17.6. The molecule has 32 heavy (non-hydrogen) atoms. The molecule has 0 aliphatic heterocycles. The fourth-order valence-corrected chi connectivity index (χ4v) is 3.58. The van der Waals surface area contributed by atoms with Crippen LogP contribution in [0.15, 0.2) is 60.8 Å². The van der Waals surface area contributed by atoms with E-state index in [1.807, 2.05) is 62.4 Å². The largest absolute Gasteiger partial charge is 0.382 e. The van der Waals surface area contributed by atoms with Crippen LogP contribution in [0.2, 0.25) is 5.15 Å². The molecule has 0 atom stereocenters. The van der Waals surface area contributed by atoms with Crippen molar-refractivity contribution in [3.63, 3.8) is 0 Å². The molecule has 0 fully saturated rings. The molecule has 0 aliphatic carbocycles. The quantitative estimate of drug-likeness (QED) is 0.442. The lowest BCUT2D eigenvalue weighted by Crippen LogP contribution is -2.26. The number of benzene rings is 1. The number of pyridine rings is 2. The van der Waals surface area contributed by atoms with E-state index in [1.165, 1.54) is 0 Å². The topological polar surface area (TPSA) is 107 Å². The minimum atomic E-state index is -0.433. The molecule has 8 heteroatoms. The van der Waals surface area contributed by atoms with Crippen LogP contribution in [0, 0.1) is 13.8 Å². The Morgan fingerprint density at radius 3 is 2.44 bits per heavy atom. The molecule has 3 N–H and O–H groups in total. The van der Waals surface area contributed by atoms with Crippen LogP contribution in [0.25, 0.3) is 22.5 Å². The van der Waals surface area contributed by atoms with Crippen molar-refractivity contribution in [1.29, 1.82) is 0 Å². The van der Waals surface area contributed by atoms with E-state index in [4.69, 9.17) is 17.3 Å². The van der Waals surface area contributed by atoms with Crippen LogP contribution in [0.3, 0.4) is 0 Å². The third-order valence-corrected chi connectivity index (χ3v) is 5.11. The molecule has 3 heterocycles. The summed E-state index contributed by atoms with van der Waals surface area (Å²) >= 11 is 6.19. The average Bonchev–Trinajstić information content (AvgIpc) is 2.78. The van der Waals surface area contributed by atoms with Crippen molar-refractivity contribution in [1.82, 2.24) is 25.3 Å². The number of hydrogen-bond acceptors (Lipinski definition) is 6. The number of hydrogen-bond donors (Lipinski definition) is 2. The Balaban J connectivity index is 1.77. The number of amides is 1. The van der Waals surface area contributed by atoms with Crippen LogP contribution >= 0.6 is 11.6 Å². The molecule has 0 bridgehead atoms. The number of aryl methyl sites for hydroxylation is 2. The van der Waals surface area contributed by atoms with Crippen LogP contribution in [-0.2, 0) is 6.54 Å². The van der Waals surface area contributed by atoms with Crippen LogP contribution in [0.5, 0.6) is 0 Å². The van der Waals surface area contributed by atoms with E-state index in [9.17, 15) is 4.79 Å². The van der Waals surface area contributed by atoms with Gasteiger partial charge in [0, 0.05) is 23.0 Å². The Bertz CT molecular complexity index is 1270. The molecule has 3 aromatic heterocycles. The summed E-state index contributed by atoms with van der Waals surface area (Å²) in [6, 6.07) is 16.9. The zero-order chi connectivity index (χ0) is 22.7. The smallest absolute Gasteiger partial charge is 0.274 e. The number of anilines is 1. The van der Waals surface area contributed by atoms with E-state index < -0.39 is 5.91 Å². The van der Waals surface area contributed by atoms with E-state index in [-0.39, 0.29) is 18.1 Å². The molecule has 4 aromatic rings. The number of nitrogens with zero attached hydrogens (tertiary/aromatic N) is 4. The molecule has 160 valence electrons. The van der Waals surface area contributed by atoms with Crippen molar-refractivity contribution in [3.8, 4) is 22.5 Å². The summed E-state index contributed by atoms with van der Waals surface area (Å²) in [7, 11) is 0. The van der Waals surface area contributed by atoms with Gasteiger partial charge in [-0.2, -0.15) is 0 Å². The summed E-state index contributed by atoms with van der Waals surface area (Å²) < 4.78 is 0. The Morgan fingerprint density at radius 1 is 0.969 bits per heavy atom. The number of nitrogen functional groups attached to an aromatic ring is 1. The fourth-order valence-electron chi connectivity index (χ4n) is 3.33. The van der Waals surface area contributed by atoms with E-state index in [1.54, 1.807) is 12.3 Å². The van der Waals surface area contributed by atoms with Crippen molar-refractivity contribution in [3.05, 3.63) is 88.6 Å². The van der Waals surface area contributed by atoms with Crippen LogP contribution in [0.1, 0.15) is 27.4 Å². The first-order valence-corrected chi connectivity index (χ1v) is 10.4. The number of nitrogens with two attached hydrogens (primary N) is 1. The van der Waals surface area contributed by atoms with E-state index in [0.717, 1.165) is 22.5 Å². The van der Waals surface area contributed by atoms with Gasteiger partial charge in [-0.1, -0.05) is 48.0 Å². The number of aromatic nitrogens is 4. The predicted octanol–water partition coefficient (Wildman–Crippen LogP) is 4.38. The molecule has 0 unspecified atom stereocenters. The average molecular weight is 445 g/mol. The molecule has 0 saturated carbocycles. The Morgan fingerprint density at radius 2 is 1.72 bits per heavy atom. The third-order valence-electron chi connectivity index (χ3n) is 4.91. The number of halogens is 1. The van der Waals surface area contributed by atoms with Gasteiger partial charge in [0.25, 0.3) is 5.91 Å². The van der Waals surface area contributed by atoms with Gasteiger partial charge in [-0.25, -0.2) is 15.0 Å². The van der Waals surface area contributed by atoms with Gasteiger partial charge in [-0.05, 0) is 37.6 Å². The molecule has 0 saturated heterocycles. The maximum Gasteiger partial charge on any atom is 0.274 e. The second-order valence-corrected chi connectivity index (χ2v) is 7.68. The standard InChI is InChI=1S/C24H21ClN6O/c1-14-7-6-10-27-18(14)13-28-24(32)22-23(26)31-20(16-8-4-3-5-9-16)21(30-22)17-11-15(2)29-19(25)12-17/h3-12H,13H2,1-2H3,(H2,26,31)(H,28,32). The van der Waals surface area contributed by atoms with Crippen molar-refractivity contribution >= 4 is 23.3 Å². The van der Waals surface area contributed by atoms with Crippen LogP contribution in [-0.4, -0.2) is 25.8 Å². The molecular weight excluding hydrogens is 424 g/mol. The molecule has 1 amide bonds. The lowest BCUT2D eigenvalue weighted by Gasteiger charge is -2.14.